The third-order valence-electron chi connectivity index (χ3n) is 2.51. The van der Waals surface area contributed by atoms with Crippen LogP contribution in [-0.2, 0) is 6.42 Å². The molecule has 1 unspecified atom stereocenters. The molecule has 0 spiro atoms. The molecule has 3 N–H and O–H groups in total. The van der Waals surface area contributed by atoms with E-state index < -0.39 is 12.5 Å². The summed E-state index contributed by atoms with van der Waals surface area (Å²) in [7, 11) is 0. The predicted molar refractivity (Wildman–Crippen MR) is 61.0 cm³/mol. The number of hydrogen-bond acceptors (Lipinski definition) is 1. The van der Waals surface area contributed by atoms with Crippen LogP contribution in [-0.4, -0.2) is 17.5 Å². The molecule has 5 heteroatoms. The van der Waals surface area contributed by atoms with Crippen molar-refractivity contribution in [2.75, 3.05) is 0 Å². The lowest BCUT2D eigenvalue weighted by Gasteiger charge is -2.08. The van der Waals surface area contributed by atoms with E-state index in [0.717, 1.165) is 16.5 Å². The zero-order valence-corrected chi connectivity index (χ0v) is 9.14. The van der Waals surface area contributed by atoms with Gasteiger partial charge in [0.15, 0.2) is 0 Å². The molecular weight excluding hydrogens is 234 g/mol. The summed E-state index contributed by atoms with van der Waals surface area (Å²) < 4.78 is 24.7. The third kappa shape index (κ3) is 2.18. The van der Waals surface area contributed by atoms with Gasteiger partial charge in [0.05, 0.1) is 6.04 Å². The number of fused-ring (bicyclic) bond motifs is 1. The molecule has 1 aromatic carbocycles. The minimum Gasteiger partial charge on any atom is -0.361 e. The first-order valence-electron chi connectivity index (χ1n) is 4.87. The van der Waals surface area contributed by atoms with E-state index in [1.54, 1.807) is 18.3 Å². The Balaban J connectivity index is 2.32. The fourth-order valence-corrected chi connectivity index (χ4v) is 1.84. The van der Waals surface area contributed by atoms with Crippen LogP contribution in [0.1, 0.15) is 5.56 Å². The van der Waals surface area contributed by atoms with Gasteiger partial charge in [-0.3, -0.25) is 0 Å². The van der Waals surface area contributed by atoms with Crippen molar-refractivity contribution in [3.63, 3.8) is 0 Å². The summed E-state index contributed by atoms with van der Waals surface area (Å²) in [6.45, 7) is 0. The highest BCUT2D eigenvalue weighted by Crippen LogP contribution is 2.23. The lowest BCUT2D eigenvalue weighted by Crippen LogP contribution is -2.30. The zero-order valence-electron chi connectivity index (χ0n) is 8.38. The van der Waals surface area contributed by atoms with Gasteiger partial charge in [-0.15, -0.1) is 0 Å². The van der Waals surface area contributed by atoms with Crippen LogP contribution >= 0.6 is 11.6 Å². The Labute approximate surface area is 96.4 Å². The summed E-state index contributed by atoms with van der Waals surface area (Å²) in [4.78, 5) is 2.99. The van der Waals surface area contributed by atoms with E-state index in [4.69, 9.17) is 17.3 Å². The van der Waals surface area contributed by atoms with Gasteiger partial charge in [0.1, 0.15) is 0 Å². The van der Waals surface area contributed by atoms with Crippen molar-refractivity contribution in [1.29, 1.82) is 0 Å². The molecule has 0 saturated heterocycles. The summed E-state index contributed by atoms with van der Waals surface area (Å²) in [5, 5.41) is 1.50. The first kappa shape index (κ1) is 11.4. The van der Waals surface area contributed by atoms with E-state index >= 15 is 0 Å². The van der Waals surface area contributed by atoms with Crippen LogP contribution in [0, 0.1) is 0 Å². The van der Waals surface area contributed by atoms with Crippen LogP contribution in [0.2, 0.25) is 5.02 Å². The summed E-state index contributed by atoms with van der Waals surface area (Å²) in [6, 6.07) is 4.17. The second-order valence-corrected chi connectivity index (χ2v) is 4.14. The van der Waals surface area contributed by atoms with Crippen LogP contribution in [0.25, 0.3) is 10.9 Å². The molecule has 0 amide bonds. The van der Waals surface area contributed by atoms with Crippen molar-refractivity contribution in [3.8, 4) is 0 Å². The fraction of sp³-hybridized carbons (Fsp3) is 0.273. The number of halogens is 3. The number of alkyl halides is 2. The minimum atomic E-state index is -2.50. The first-order chi connectivity index (χ1) is 7.58. The molecule has 2 nitrogen and oxygen atoms in total. The average molecular weight is 245 g/mol. The van der Waals surface area contributed by atoms with Crippen LogP contribution in [0.15, 0.2) is 24.4 Å². The Kier molecular flexibility index (Phi) is 3.12. The van der Waals surface area contributed by atoms with Crippen LogP contribution in [0.5, 0.6) is 0 Å². The van der Waals surface area contributed by atoms with Gasteiger partial charge in [-0.25, -0.2) is 8.78 Å². The number of nitrogens with two attached hydrogens (primary N) is 1. The smallest absolute Gasteiger partial charge is 0.253 e. The highest BCUT2D eigenvalue weighted by atomic mass is 35.5. The molecule has 0 radical (unpaired) electrons. The molecule has 1 heterocycles. The second-order valence-electron chi connectivity index (χ2n) is 3.71. The number of benzene rings is 1. The minimum absolute atomic E-state index is 0.152. The van der Waals surface area contributed by atoms with Crippen molar-refractivity contribution < 1.29 is 8.78 Å². The Morgan fingerprint density at radius 2 is 2.12 bits per heavy atom. The van der Waals surface area contributed by atoms with Gasteiger partial charge < -0.3 is 10.7 Å². The summed E-state index contributed by atoms with van der Waals surface area (Å²) >= 11 is 5.82. The SMILES string of the molecule is NC(Cc1c[nH]c2cc(Cl)ccc12)C(F)F. The van der Waals surface area contributed by atoms with Crippen molar-refractivity contribution in [1.82, 2.24) is 4.98 Å². The number of hydrogen-bond donors (Lipinski definition) is 2. The van der Waals surface area contributed by atoms with Crippen molar-refractivity contribution in [2.24, 2.45) is 5.73 Å². The van der Waals surface area contributed by atoms with Crippen LogP contribution in [0.4, 0.5) is 8.78 Å². The maximum Gasteiger partial charge on any atom is 0.253 e. The van der Waals surface area contributed by atoms with Crippen molar-refractivity contribution in [2.45, 2.75) is 18.9 Å². The molecule has 0 aliphatic carbocycles. The molecule has 1 aromatic heterocycles. The van der Waals surface area contributed by atoms with Gasteiger partial charge >= 0.3 is 0 Å². The largest absolute Gasteiger partial charge is 0.361 e. The van der Waals surface area contributed by atoms with Gasteiger partial charge in [-0.05, 0) is 24.1 Å². The standard InChI is InChI=1S/C11H11ClF2N2/c12-7-1-2-8-6(3-9(15)11(13)14)5-16-10(8)4-7/h1-2,4-5,9,11,16H,3,15H2. The van der Waals surface area contributed by atoms with E-state index in [1.165, 1.54) is 0 Å². The quantitative estimate of drug-likeness (QED) is 0.856. The Morgan fingerprint density at radius 1 is 1.38 bits per heavy atom. The predicted octanol–water partition coefficient (Wildman–Crippen LogP) is 2.96. The highest BCUT2D eigenvalue weighted by molar-refractivity contribution is 6.31. The number of nitrogens with one attached hydrogen (secondary N) is 1. The van der Waals surface area contributed by atoms with Crippen molar-refractivity contribution in [3.05, 3.63) is 35.0 Å². The molecule has 0 aliphatic heterocycles. The number of rotatable bonds is 3. The highest BCUT2D eigenvalue weighted by Gasteiger charge is 2.17. The molecule has 86 valence electrons. The lowest BCUT2D eigenvalue weighted by molar-refractivity contribution is 0.116. The van der Waals surface area contributed by atoms with Gasteiger partial charge in [0.2, 0.25) is 0 Å². The number of aromatic nitrogens is 1. The van der Waals surface area contributed by atoms with E-state index in [0.29, 0.717) is 5.02 Å². The Hall–Kier alpha value is -1.13. The molecular formula is C11H11ClF2N2. The van der Waals surface area contributed by atoms with Gasteiger partial charge in [-0.1, -0.05) is 17.7 Å². The van der Waals surface area contributed by atoms with E-state index in [1.807, 2.05) is 6.07 Å². The van der Waals surface area contributed by atoms with Gasteiger partial charge in [0.25, 0.3) is 6.43 Å². The zero-order chi connectivity index (χ0) is 11.7. The summed E-state index contributed by atoms with van der Waals surface area (Å²) in [5.74, 6) is 0. The maximum atomic E-state index is 12.3. The first-order valence-corrected chi connectivity index (χ1v) is 5.25. The lowest BCUT2D eigenvalue weighted by atomic mass is 10.1. The molecule has 2 rings (SSSR count). The fourth-order valence-electron chi connectivity index (χ4n) is 1.67. The van der Waals surface area contributed by atoms with E-state index in [-0.39, 0.29) is 6.42 Å². The summed E-state index contributed by atoms with van der Waals surface area (Å²) in [5.41, 5.74) is 6.97. The van der Waals surface area contributed by atoms with E-state index in [2.05, 4.69) is 4.98 Å². The molecule has 0 bridgehead atoms. The Morgan fingerprint density at radius 3 is 2.81 bits per heavy atom. The van der Waals surface area contributed by atoms with E-state index in [9.17, 15) is 8.78 Å². The second kappa shape index (κ2) is 4.39. The molecule has 16 heavy (non-hydrogen) atoms. The topological polar surface area (TPSA) is 41.8 Å². The maximum absolute atomic E-state index is 12.3. The average Bonchev–Trinajstić information content (AvgIpc) is 2.60. The molecule has 1 atom stereocenters. The van der Waals surface area contributed by atoms with Gasteiger partial charge in [0, 0.05) is 22.1 Å². The molecule has 0 saturated carbocycles. The molecule has 0 aliphatic rings. The number of H-pyrrole nitrogens is 1. The van der Waals surface area contributed by atoms with Crippen LogP contribution < -0.4 is 5.73 Å². The monoisotopic (exact) mass is 244 g/mol. The van der Waals surface area contributed by atoms with Crippen molar-refractivity contribution >= 4 is 22.5 Å². The van der Waals surface area contributed by atoms with Crippen LogP contribution in [0.3, 0.4) is 0 Å². The number of aromatic amines is 1. The Bertz CT molecular complexity index is 496. The molecule has 0 fully saturated rings. The molecule has 2 aromatic rings. The van der Waals surface area contributed by atoms with Gasteiger partial charge in [-0.2, -0.15) is 0 Å². The summed E-state index contributed by atoms with van der Waals surface area (Å²) in [6.07, 6.45) is -0.653. The normalized spacial score (nSPS) is 13.6. The third-order valence-corrected chi connectivity index (χ3v) is 2.74.